The fourth-order valence-corrected chi connectivity index (χ4v) is 16.3. The van der Waals surface area contributed by atoms with Crippen molar-refractivity contribution < 1.29 is 0 Å². The van der Waals surface area contributed by atoms with E-state index in [-0.39, 0.29) is 17.5 Å². The third-order valence-electron chi connectivity index (χ3n) is 18.6. The van der Waals surface area contributed by atoms with Crippen LogP contribution in [-0.4, -0.2) is 6.71 Å². The topological polar surface area (TPSA) is 6.48 Å². The normalized spacial score (nSPS) is 26.0. The molecule has 2 aliphatic heterocycles. The van der Waals surface area contributed by atoms with Crippen LogP contribution in [0.2, 0.25) is 0 Å². The molecule has 8 aromatic carbocycles. The molecule has 0 amide bonds. The number of anilines is 6. The van der Waals surface area contributed by atoms with Crippen molar-refractivity contribution in [2.75, 3.05) is 9.80 Å². The van der Waals surface area contributed by atoms with Crippen LogP contribution in [0.15, 0.2) is 176 Å². The molecule has 3 heteroatoms. The molecule has 4 fully saturated rings. The van der Waals surface area contributed by atoms with Crippen molar-refractivity contribution in [1.29, 1.82) is 0 Å². The summed E-state index contributed by atoms with van der Waals surface area (Å²) in [5.41, 5.74) is 26.8. The molecule has 6 atom stereocenters. The van der Waals surface area contributed by atoms with Gasteiger partial charge in [-0.3, -0.25) is 0 Å². The maximum atomic E-state index is 2.71. The SMILES string of the molecule is c1ccc(-c2ccc3c4c2N(c2ccccc2)c2cc5c(cc2B4c2ccccc2N3c2ccc3c(c2)[C@@]2(C[C@H]4CC[C@@H]2C4)c2ccccc2-3)-c2ccccc2[C@@]52C[C@@H]3CC[C@H]2C3)cc1. The van der Waals surface area contributed by atoms with Gasteiger partial charge < -0.3 is 9.80 Å². The van der Waals surface area contributed by atoms with Gasteiger partial charge in [0.25, 0.3) is 6.71 Å². The van der Waals surface area contributed by atoms with E-state index >= 15 is 0 Å². The van der Waals surface area contributed by atoms with Crippen LogP contribution in [-0.2, 0) is 10.8 Å². The Morgan fingerprint density at radius 2 is 1.00 bits per heavy atom. The van der Waals surface area contributed by atoms with Crippen LogP contribution < -0.4 is 26.2 Å². The maximum absolute atomic E-state index is 2.71. The Balaban J connectivity index is 0.987. The van der Waals surface area contributed by atoms with E-state index in [1.165, 1.54) is 135 Å². The highest BCUT2D eigenvalue weighted by Crippen LogP contribution is 2.68. The third-order valence-corrected chi connectivity index (χ3v) is 18.6. The van der Waals surface area contributed by atoms with Gasteiger partial charge >= 0.3 is 0 Å². The molecule has 2 heterocycles. The highest BCUT2D eigenvalue weighted by molar-refractivity contribution is 7.00. The summed E-state index contributed by atoms with van der Waals surface area (Å²) in [6.07, 6.45) is 10.7. The summed E-state index contributed by atoms with van der Waals surface area (Å²) >= 11 is 0. The highest BCUT2D eigenvalue weighted by atomic mass is 15.2. The molecule has 0 unspecified atom stereocenters. The quantitative estimate of drug-likeness (QED) is 0.164. The second kappa shape index (κ2) is 12.6. The molecule has 2 nitrogen and oxygen atoms in total. The van der Waals surface area contributed by atoms with Crippen molar-refractivity contribution in [2.24, 2.45) is 23.7 Å². The number of nitrogens with zero attached hydrogens (tertiary/aromatic N) is 2. The summed E-state index contributed by atoms with van der Waals surface area (Å²) in [5, 5.41) is 0. The molecular formula is C62H49BN2. The predicted octanol–water partition coefficient (Wildman–Crippen LogP) is 13.6. The number of fused-ring (bicyclic) bond motifs is 20. The average Bonchev–Trinajstić information content (AvgIpc) is 4.25. The molecule has 0 saturated heterocycles. The van der Waals surface area contributed by atoms with E-state index in [9.17, 15) is 0 Å². The fourth-order valence-electron chi connectivity index (χ4n) is 16.3. The summed E-state index contributed by atoms with van der Waals surface area (Å²) in [7, 11) is 0. The standard InChI is InChI=1S/C62H49BN2/c1-3-13-40(14-4-1)45-29-30-57-59-60(45)65(43-15-5-2-6-16-43)58-35-53-49(47-18-8-10-20-51(47)62(53)37-39-24-26-42(62)32-39)34-55(58)63(59)54-21-11-12-22-56(54)64(57)44-27-28-48-46-17-7-9-19-50(46)61(52(48)33-44)36-38-23-25-41(61)31-38/h1-22,27-30,33-35,38-39,41-42H,23-26,31-32,36-37H2/t38-,39+,41+,42-,61+,62-/m0/s1. The van der Waals surface area contributed by atoms with Gasteiger partial charge in [0.2, 0.25) is 0 Å². The number of hydrogen-bond acceptors (Lipinski definition) is 2. The fraction of sp³-hybridized carbons (Fsp3) is 0.226. The van der Waals surface area contributed by atoms with Gasteiger partial charge in [0.05, 0.1) is 5.69 Å². The molecule has 16 rings (SSSR count). The van der Waals surface area contributed by atoms with E-state index in [1.54, 1.807) is 22.3 Å². The summed E-state index contributed by atoms with van der Waals surface area (Å²) in [4.78, 5) is 5.34. The molecule has 4 bridgehead atoms. The van der Waals surface area contributed by atoms with Gasteiger partial charge in [-0.25, -0.2) is 0 Å². The Morgan fingerprint density at radius 3 is 1.69 bits per heavy atom. The van der Waals surface area contributed by atoms with Crippen LogP contribution in [0.1, 0.15) is 73.6 Å². The molecule has 2 spiro atoms. The number of benzene rings is 8. The molecule has 65 heavy (non-hydrogen) atoms. The van der Waals surface area contributed by atoms with Crippen molar-refractivity contribution in [1.82, 2.24) is 0 Å². The average molecular weight is 833 g/mol. The lowest BCUT2D eigenvalue weighted by Gasteiger charge is -2.46. The molecule has 0 N–H and O–H groups in total. The van der Waals surface area contributed by atoms with Crippen molar-refractivity contribution >= 4 is 57.2 Å². The smallest absolute Gasteiger partial charge is 0.252 e. The summed E-state index contributed by atoms with van der Waals surface area (Å²) in [5.74, 6) is 3.05. The van der Waals surface area contributed by atoms with E-state index in [2.05, 4.69) is 186 Å². The second-order valence-electron chi connectivity index (χ2n) is 21.1. The molecule has 0 radical (unpaired) electrons. The van der Waals surface area contributed by atoms with E-state index in [0.717, 1.165) is 11.8 Å². The molecule has 8 aromatic rings. The van der Waals surface area contributed by atoms with E-state index in [1.807, 2.05) is 0 Å². The summed E-state index contributed by atoms with van der Waals surface area (Å²) in [6, 6.07) is 68.8. The first kappa shape index (κ1) is 35.7. The van der Waals surface area contributed by atoms with Crippen LogP contribution in [0, 0.1) is 23.7 Å². The predicted molar refractivity (Wildman–Crippen MR) is 269 cm³/mol. The molecule has 8 aliphatic rings. The lowest BCUT2D eigenvalue weighted by molar-refractivity contribution is 0.327. The molecule has 0 aromatic heterocycles. The minimum atomic E-state index is 0.0516. The first-order valence-electron chi connectivity index (χ1n) is 24.7. The van der Waals surface area contributed by atoms with Gasteiger partial charge in [0, 0.05) is 44.8 Å². The number of hydrogen-bond donors (Lipinski definition) is 0. The molecule has 4 saturated carbocycles. The van der Waals surface area contributed by atoms with Crippen molar-refractivity contribution in [3.63, 3.8) is 0 Å². The second-order valence-corrected chi connectivity index (χ2v) is 21.1. The maximum Gasteiger partial charge on any atom is 0.252 e. The number of para-hydroxylation sites is 2. The first-order valence-corrected chi connectivity index (χ1v) is 24.7. The third kappa shape index (κ3) is 4.39. The lowest BCUT2D eigenvalue weighted by atomic mass is 9.33. The van der Waals surface area contributed by atoms with Crippen LogP contribution >= 0.6 is 0 Å². The first-order chi connectivity index (χ1) is 32.2. The van der Waals surface area contributed by atoms with Crippen molar-refractivity contribution in [3.8, 4) is 33.4 Å². The van der Waals surface area contributed by atoms with E-state index < -0.39 is 0 Å². The molecular weight excluding hydrogens is 784 g/mol. The van der Waals surface area contributed by atoms with Gasteiger partial charge in [0.1, 0.15) is 0 Å². The van der Waals surface area contributed by atoms with Crippen molar-refractivity contribution in [2.45, 2.75) is 62.2 Å². The minimum Gasteiger partial charge on any atom is -0.311 e. The van der Waals surface area contributed by atoms with Crippen LogP contribution in [0.5, 0.6) is 0 Å². The Kier molecular flexibility index (Phi) is 6.93. The molecule has 310 valence electrons. The summed E-state index contributed by atoms with van der Waals surface area (Å²) in [6.45, 7) is 0.0516. The van der Waals surface area contributed by atoms with E-state index in [4.69, 9.17) is 0 Å². The zero-order valence-electron chi connectivity index (χ0n) is 36.7. The van der Waals surface area contributed by atoms with Gasteiger partial charge in [-0.05, 0) is 171 Å². The molecule has 6 aliphatic carbocycles. The minimum absolute atomic E-state index is 0.0516. The van der Waals surface area contributed by atoms with Crippen molar-refractivity contribution in [3.05, 3.63) is 198 Å². The van der Waals surface area contributed by atoms with Crippen LogP contribution in [0.3, 0.4) is 0 Å². The number of rotatable bonds is 3. The van der Waals surface area contributed by atoms with Gasteiger partial charge in [-0.15, -0.1) is 0 Å². The van der Waals surface area contributed by atoms with Gasteiger partial charge in [-0.2, -0.15) is 0 Å². The monoisotopic (exact) mass is 832 g/mol. The highest BCUT2D eigenvalue weighted by Gasteiger charge is 2.59. The van der Waals surface area contributed by atoms with Gasteiger partial charge in [-0.1, -0.05) is 146 Å². The Labute approximate surface area is 382 Å². The van der Waals surface area contributed by atoms with Gasteiger partial charge in [0.15, 0.2) is 0 Å². The Morgan fingerprint density at radius 1 is 0.400 bits per heavy atom. The zero-order chi connectivity index (χ0) is 42.2. The summed E-state index contributed by atoms with van der Waals surface area (Å²) < 4.78 is 0. The van der Waals surface area contributed by atoms with E-state index in [0.29, 0.717) is 11.8 Å². The lowest BCUT2D eigenvalue weighted by Crippen LogP contribution is -2.61. The zero-order valence-corrected chi connectivity index (χ0v) is 36.7. The Bertz CT molecular complexity index is 3360. The largest absolute Gasteiger partial charge is 0.311 e. The van der Waals surface area contributed by atoms with Crippen LogP contribution in [0.25, 0.3) is 33.4 Å². The van der Waals surface area contributed by atoms with Crippen LogP contribution in [0.4, 0.5) is 34.1 Å². The Hall–Kier alpha value is -6.58.